The zero-order valence-electron chi connectivity index (χ0n) is 11.9. The predicted molar refractivity (Wildman–Crippen MR) is 85.8 cm³/mol. The molecule has 2 rings (SSSR count). The number of nitrogens with one attached hydrogen (secondary N) is 1. The van der Waals surface area contributed by atoms with Crippen LogP contribution in [0.4, 0.5) is 10.1 Å². The number of carbonyl (C=O) groups excluding carboxylic acids is 1. The molecule has 0 aliphatic carbocycles. The minimum absolute atomic E-state index is 0.0174. The van der Waals surface area contributed by atoms with Crippen molar-refractivity contribution in [2.24, 2.45) is 0 Å². The third-order valence-corrected chi connectivity index (χ3v) is 3.57. The van der Waals surface area contributed by atoms with Crippen LogP contribution in [0.5, 0.6) is 0 Å². The van der Waals surface area contributed by atoms with Crippen molar-refractivity contribution in [3.8, 4) is 0 Å². The van der Waals surface area contributed by atoms with Crippen LogP contribution in [-0.4, -0.2) is 12.5 Å². The second-order valence-electron chi connectivity index (χ2n) is 4.64. The van der Waals surface area contributed by atoms with Gasteiger partial charge in [0.2, 0.25) is 0 Å². The number of hydrogen-bond acceptors (Lipinski definition) is 2. The first-order valence-corrected chi connectivity index (χ1v) is 7.41. The molecule has 0 fully saturated rings. The second-order valence-corrected chi connectivity index (χ2v) is 5.56. The lowest BCUT2D eigenvalue weighted by Gasteiger charge is -2.24. The summed E-state index contributed by atoms with van der Waals surface area (Å²) >= 11 is 3.17. The molecule has 0 atom stereocenters. The van der Waals surface area contributed by atoms with Crippen molar-refractivity contribution in [3.63, 3.8) is 0 Å². The first-order chi connectivity index (χ1) is 10.0. The molecule has 110 valence electrons. The average molecular weight is 351 g/mol. The molecule has 0 aliphatic heterocycles. The first-order valence-electron chi connectivity index (χ1n) is 6.61. The molecule has 0 radical (unpaired) electrons. The molecule has 0 aliphatic rings. The lowest BCUT2D eigenvalue weighted by atomic mass is 10.2. The highest BCUT2D eigenvalue weighted by atomic mass is 79.9. The van der Waals surface area contributed by atoms with Gasteiger partial charge < -0.3 is 0 Å². The number of amides is 1. The molecule has 5 heteroatoms. The fourth-order valence-corrected chi connectivity index (χ4v) is 2.24. The van der Waals surface area contributed by atoms with Crippen LogP contribution in [0.1, 0.15) is 22.8 Å². The number of aryl methyl sites for hydroxylation is 1. The molecule has 2 aromatic carbocycles. The maximum Gasteiger partial charge on any atom is 0.272 e. The van der Waals surface area contributed by atoms with Crippen LogP contribution in [0.15, 0.2) is 46.9 Å². The molecule has 0 saturated heterocycles. The summed E-state index contributed by atoms with van der Waals surface area (Å²) in [5.74, 6) is -1.02. The van der Waals surface area contributed by atoms with Gasteiger partial charge in [0, 0.05) is 11.0 Å². The van der Waals surface area contributed by atoms with Crippen LogP contribution in [-0.2, 0) is 0 Å². The highest BCUT2D eigenvalue weighted by Gasteiger charge is 2.15. The smallest absolute Gasteiger partial charge is 0.272 e. The Kier molecular flexibility index (Phi) is 4.96. The van der Waals surface area contributed by atoms with E-state index < -0.39 is 11.7 Å². The zero-order valence-corrected chi connectivity index (χ0v) is 13.4. The van der Waals surface area contributed by atoms with E-state index in [1.807, 2.05) is 38.1 Å². The number of carbonyl (C=O) groups is 1. The predicted octanol–water partition coefficient (Wildman–Crippen LogP) is 4.07. The van der Waals surface area contributed by atoms with Crippen LogP contribution >= 0.6 is 15.9 Å². The van der Waals surface area contributed by atoms with Crippen molar-refractivity contribution < 1.29 is 9.18 Å². The van der Waals surface area contributed by atoms with Gasteiger partial charge in [0.05, 0.1) is 11.3 Å². The Morgan fingerprint density at radius 3 is 2.48 bits per heavy atom. The van der Waals surface area contributed by atoms with Gasteiger partial charge in [-0.15, -0.1) is 0 Å². The van der Waals surface area contributed by atoms with Gasteiger partial charge in [-0.25, -0.2) is 4.39 Å². The maximum atomic E-state index is 13.8. The lowest BCUT2D eigenvalue weighted by Crippen LogP contribution is -2.42. The quantitative estimate of drug-likeness (QED) is 0.843. The van der Waals surface area contributed by atoms with Crippen molar-refractivity contribution in [2.45, 2.75) is 13.8 Å². The molecule has 3 nitrogen and oxygen atoms in total. The summed E-state index contributed by atoms with van der Waals surface area (Å²) in [7, 11) is 0. The Bertz CT molecular complexity index is 643. The second kappa shape index (κ2) is 6.72. The van der Waals surface area contributed by atoms with E-state index in [-0.39, 0.29) is 5.56 Å². The lowest BCUT2D eigenvalue weighted by molar-refractivity contribution is 0.0945. The first kappa shape index (κ1) is 15.5. The molecule has 21 heavy (non-hydrogen) atoms. The largest absolute Gasteiger partial charge is 0.286 e. The van der Waals surface area contributed by atoms with Gasteiger partial charge in [0.15, 0.2) is 0 Å². The van der Waals surface area contributed by atoms with Crippen molar-refractivity contribution >= 4 is 27.5 Å². The third kappa shape index (κ3) is 3.82. The summed E-state index contributed by atoms with van der Waals surface area (Å²) in [6.07, 6.45) is 0. The minimum Gasteiger partial charge on any atom is -0.286 e. The third-order valence-electron chi connectivity index (χ3n) is 3.07. The summed E-state index contributed by atoms with van der Waals surface area (Å²) in [5, 5.41) is 1.68. The highest BCUT2D eigenvalue weighted by molar-refractivity contribution is 9.10. The number of benzene rings is 2. The van der Waals surface area contributed by atoms with Crippen LogP contribution in [0.2, 0.25) is 0 Å². The molecule has 0 unspecified atom stereocenters. The van der Waals surface area contributed by atoms with E-state index in [2.05, 4.69) is 21.4 Å². The number of halogens is 2. The van der Waals surface area contributed by atoms with Crippen molar-refractivity contribution in [3.05, 3.63) is 63.9 Å². The van der Waals surface area contributed by atoms with E-state index in [9.17, 15) is 9.18 Å². The monoisotopic (exact) mass is 350 g/mol. The standard InChI is InChI=1S/C16H16BrFN2O/c1-3-20(13-7-4-11(2)5-8-13)19-16(21)14-9-6-12(17)10-15(14)18/h4-10H,3H2,1-2H3,(H,19,21). The minimum atomic E-state index is -0.554. The molecular formula is C16H16BrFN2O. The Balaban J connectivity index is 2.18. The fourth-order valence-electron chi connectivity index (χ4n) is 1.91. The number of rotatable bonds is 4. The summed E-state index contributed by atoms with van der Waals surface area (Å²) in [4.78, 5) is 12.2. The Morgan fingerprint density at radius 1 is 1.24 bits per heavy atom. The molecule has 0 bridgehead atoms. The summed E-state index contributed by atoms with van der Waals surface area (Å²) < 4.78 is 14.4. The fraction of sp³-hybridized carbons (Fsp3) is 0.188. The Morgan fingerprint density at radius 2 is 1.90 bits per heavy atom. The van der Waals surface area contributed by atoms with Gasteiger partial charge in [-0.3, -0.25) is 15.2 Å². The van der Waals surface area contributed by atoms with Gasteiger partial charge in [-0.1, -0.05) is 33.6 Å². The Labute approximate surface area is 131 Å². The molecule has 0 heterocycles. The summed E-state index contributed by atoms with van der Waals surface area (Å²) in [6, 6.07) is 12.1. The van der Waals surface area contributed by atoms with Crippen molar-refractivity contribution in [1.82, 2.24) is 5.43 Å². The van der Waals surface area contributed by atoms with Crippen molar-refractivity contribution in [1.29, 1.82) is 0 Å². The Hall–Kier alpha value is -1.88. The van der Waals surface area contributed by atoms with E-state index in [4.69, 9.17) is 0 Å². The van der Waals surface area contributed by atoms with Gasteiger partial charge in [0.25, 0.3) is 5.91 Å². The molecule has 0 aromatic heterocycles. The van der Waals surface area contributed by atoms with Crippen LogP contribution in [0.3, 0.4) is 0 Å². The SMILES string of the molecule is CCN(NC(=O)c1ccc(Br)cc1F)c1ccc(C)cc1. The molecule has 2 aromatic rings. The van der Waals surface area contributed by atoms with Gasteiger partial charge >= 0.3 is 0 Å². The average Bonchev–Trinajstić information content (AvgIpc) is 2.45. The molecule has 0 spiro atoms. The molecule has 0 saturated carbocycles. The van der Waals surface area contributed by atoms with Crippen LogP contribution in [0, 0.1) is 12.7 Å². The van der Waals surface area contributed by atoms with E-state index >= 15 is 0 Å². The van der Waals surface area contributed by atoms with Gasteiger partial charge in [0.1, 0.15) is 5.82 Å². The molecule has 1 N–H and O–H groups in total. The van der Waals surface area contributed by atoms with Gasteiger partial charge in [-0.2, -0.15) is 0 Å². The van der Waals surface area contributed by atoms with Gasteiger partial charge in [-0.05, 0) is 44.2 Å². The van der Waals surface area contributed by atoms with Crippen LogP contribution < -0.4 is 10.4 Å². The molecule has 1 amide bonds. The summed E-state index contributed by atoms with van der Waals surface area (Å²) in [6.45, 7) is 4.49. The number of hydrogen-bond donors (Lipinski definition) is 1. The highest BCUT2D eigenvalue weighted by Crippen LogP contribution is 2.17. The van der Waals surface area contributed by atoms with Crippen LogP contribution in [0.25, 0.3) is 0 Å². The van der Waals surface area contributed by atoms with Crippen molar-refractivity contribution in [2.75, 3.05) is 11.6 Å². The van der Waals surface area contributed by atoms with E-state index in [0.29, 0.717) is 11.0 Å². The number of anilines is 1. The van der Waals surface area contributed by atoms with E-state index in [0.717, 1.165) is 11.3 Å². The summed E-state index contributed by atoms with van der Waals surface area (Å²) in [5.41, 5.74) is 4.73. The number of nitrogens with zero attached hydrogens (tertiary/aromatic N) is 1. The van der Waals surface area contributed by atoms with E-state index in [1.54, 1.807) is 11.1 Å². The normalized spacial score (nSPS) is 10.3. The van der Waals surface area contributed by atoms with E-state index in [1.165, 1.54) is 12.1 Å². The topological polar surface area (TPSA) is 32.3 Å². The maximum absolute atomic E-state index is 13.8. The molecular weight excluding hydrogens is 335 g/mol. The zero-order chi connectivity index (χ0) is 15.4. The number of hydrazine groups is 1.